The molecule has 0 fully saturated rings. The molecule has 0 radical (unpaired) electrons. The molecule has 0 unspecified atom stereocenters. The molecular weight excluding hydrogens is 332 g/mol. The number of benzene rings is 2. The van der Waals surface area contributed by atoms with Gasteiger partial charge in [0.05, 0.1) is 21.8 Å². The first-order valence-corrected chi connectivity index (χ1v) is 8.94. The Balaban J connectivity index is 1.68. The highest BCUT2D eigenvalue weighted by Gasteiger charge is 2.08. The monoisotopic (exact) mass is 348 g/mol. The van der Waals surface area contributed by atoms with Gasteiger partial charge in [-0.15, -0.1) is 5.10 Å². The highest BCUT2D eigenvalue weighted by Crippen LogP contribution is 2.26. The van der Waals surface area contributed by atoms with Gasteiger partial charge < -0.3 is 0 Å². The van der Waals surface area contributed by atoms with E-state index in [-0.39, 0.29) is 5.56 Å². The van der Waals surface area contributed by atoms with Crippen molar-refractivity contribution >= 4 is 33.6 Å². The van der Waals surface area contributed by atoms with Crippen LogP contribution in [0, 0.1) is 13.8 Å². The molecule has 6 heteroatoms. The van der Waals surface area contributed by atoms with Crippen LogP contribution in [0.25, 0.3) is 21.8 Å². The Hall–Kier alpha value is -2.73. The van der Waals surface area contributed by atoms with Crippen LogP contribution in [0.3, 0.4) is 0 Å². The van der Waals surface area contributed by atoms with Gasteiger partial charge in [-0.05, 0) is 43.2 Å². The molecule has 0 saturated carbocycles. The summed E-state index contributed by atoms with van der Waals surface area (Å²) in [4.78, 5) is 17.3. The topological polar surface area (TPSA) is 60.7 Å². The predicted molar refractivity (Wildman–Crippen MR) is 101 cm³/mol. The van der Waals surface area contributed by atoms with E-state index in [1.807, 2.05) is 24.3 Å². The lowest BCUT2D eigenvalue weighted by molar-refractivity contribution is 0.644. The summed E-state index contributed by atoms with van der Waals surface area (Å²) in [7, 11) is 0. The molecule has 5 nitrogen and oxygen atoms in total. The molecule has 0 spiro atoms. The van der Waals surface area contributed by atoms with Crippen LogP contribution in [0.5, 0.6) is 0 Å². The van der Waals surface area contributed by atoms with Crippen molar-refractivity contribution in [1.29, 1.82) is 0 Å². The van der Waals surface area contributed by atoms with E-state index in [0.717, 1.165) is 21.5 Å². The third kappa shape index (κ3) is 2.89. The molecule has 4 rings (SSSR count). The quantitative estimate of drug-likeness (QED) is 0.528. The van der Waals surface area contributed by atoms with Crippen LogP contribution in [0.4, 0.5) is 0 Å². The maximum Gasteiger partial charge on any atom is 0.278 e. The molecule has 124 valence electrons. The Bertz CT molecular complexity index is 1150. The predicted octanol–water partition coefficient (Wildman–Crippen LogP) is 3.71. The van der Waals surface area contributed by atoms with Crippen LogP contribution < -0.4 is 5.56 Å². The zero-order chi connectivity index (χ0) is 17.4. The Kier molecular flexibility index (Phi) is 3.97. The normalized spacial score (nSPS) is 11.3. The SMILES string of the molecule is Cc1cc(SCn2nnc3ccccc3c2=O)nc2c(C)cccc12. The number of hydrogen-bond acceptors (Lipinski definition) is 5. The highest BCUT2D eigenvalue weighted by molar-refractivity contribution is 7.98. The summed E-state index contributed by atoms with van der Waals surface area (Å²) in [6, 6.07) is 15.5. The van der Waals surface area contributed by atoms with Gasteiger partial charge in [0.2, 0.25) is 0 Å². The lowest BCUT2D eigenvalue weighted by atomic mass is 10.1. The summed E-state index contributed by atoms with van der Waals surface area (Å²) in [6.07, 6.45) is 0. The van der Waals surface area contributed by atoms with E-state index in [4.69, 9.17) is 4.98 Å². The molecule has 0 saturated heterocycles. The first-order chi connectivity index (χ1) is 12.1. The number of nitrogens with zero attached hydrogens (tertiary/aromatic N) is 4. The summed E-state index contributed by atoms with van der Waals surface area (Å²) in [6.45, 7) is 4.14. The van der Waals surface area contributed by atoms with Crippen LogP contribution >= 0.6 is 11.8 Å². The van der Waals surface area contributed by atoms with Crippen LogP contribution in [-0.2, 0) is 5.88 Å². The van der Waals surface area contributed by atoms with Crippen molar-refractivity contribution in [2.24, 2.45) is 0 Å². The smallest absolute Gasteiger partial charge is 0.267 e. The van der Waals surface area contributed by atoms with Gasteiger partial charge in [0.1, 0.15) is 5.52 Å². The molecule has 0 aliphatic heterocycles. The average Bonchev–Trinajstić information content (AvgIpc) is 2.62. The first kappa shape index (κ1) is 15.8. The van der Waals surface area contributed by atoms with Gasteiger partial charge in [0.25, 0.3) is 5.56 Å². The molecular formula is C19H16N4OS. The van der Waals surface area contributed by atoms with Crippen LogP contribution in [0.2, 0.25) is 0 Å². The molecule has 25 heavy (non-hydrogen) atoms. The van der Waals surface area contributed by atoms with Crippen molar-refractivity contribution < 1.29 is 0 Å². The molecule has 0 atom stereocenters. The molecule has 2 heterocycles. The van der Waals surface area contributed by atoms with Gasteiger partial charge in [-0.3, -0.25) is 4.79 Å². The fourth-order valence-electron chi connectivity index (χ4n) is 2.84. The van der Waals surface area contributed by atoms with E-state index in [0.29, 0.717) is 16.8 Å². The molecule has 4 aromatic rings. The van der Waals surface area contributed by atoms with E-state index >= 15 is 0 Å². The number of para-hydroxylation sites is 1. The number of thioether (sulfide) groups is 1. The number of fused-ring (bicyclic) bond motifs is 2. The molecule has 0 aliphatic rings. The number of pyridine rings is 1. The van der Waals surface area contributed by atoms with Crippen molar-refractivity contribution in [2.75, 3.05) is 0 Å². The van der Waals surface area contributed by atoms with Gasteiger partial charge in [0.15, 0.2) is 0 Å². The van der Waals surface area contributed by atoms with Gasteiger partial charge in [-0.1, -0.05) is 47.3 Å². The van der Waals surface area contributed by atoms with E-state index < -0.39 is 0 Å². The van der Waals surface area contributed by atoms with Crippen LogP contribution in [0.15, 0.2) is 58.4 Å². The Morgan fingerprint density at radius 1 is 1.00 bits per heavy atom. The lowest BCUT2D eigenvalue weighted by Crippen LogP contribution is -2.23. The van der Waals surface area contributed by atoms with Gasteiger partial charge >= 0.3 is 0 Å². The Morgan fingerprint density at radius 2 is 1.80 bits per heavy atom. The molecule has 2 aromatic heterocycles. The number of rotatable bonds is 3. The van der Waals surface area contributed by atoms with Gasteiger partial charge in [-0.25, -0.2) is 4.98 Å². The van der Waals surface area contributed by atoms with Crippen molar-refractivity contribution in [2.45, 2.75) is 24.8 Å². The van der Waals surface area contributed by atoms with E-state index in [9.17, 15) is 4.79 Å². The molecule has 0 aliphatic carbocycles. The van der Waals surface area contributed by atoms with E-state index in [1.165, 1.54) is 22.0 Å². The third-order valence-electron chi connectivity index (χ3n) is 4.19. The van der Waals surface area contributed by atoms with E-state index in [2.05, 4.69) is 36.3 Å². The fraction of sp³-hybridized carbons (Fsp3) is 0.158. The Morgan fingerprint density at radius 3 is 2.68 bits per heavy atom. The largest absolute Gasteiger partial charge is 0.278 e. The minimum atomic E-state index is -0.133. The second-order valence-corrected chi connectivity index (χ2v) is 6.90. The highest BCUT2D eigenvalue weighted by atomic mass is 32.2. The molecule has 0 amide bonds. The zero-order valence-corrected chi connectivity index (χ0v) is 14.7. The minimum Gasteiger partial charge on any atom is -0.267 e. The fourth-order valence-corrected chi connectivity index (χ4v) is 3.68. The summed E-state index contributed by atoms with van der Waals surface area (Å²) >= 11 is 1.48. The summed E-state index contributed by atoms with van der Waals surface area (Å²) < 4.78 is 1.38. The van der Waals surface area contributed by atoms with Gasteiger partial charge in [-0.2, -0.15) is 4.68 Å². The summed E-state index contributed by atoms with van der Waals surface area (Å²) in [5.74, 6) is 0.375. The summed E-state index contributed by atoms with van der Waals surface area (Å²) in [5.41, 5.74) is 3.80. The van der Waals surface area contributed by atoms with Gasteiger partial charge in [0, 0.05) is 5.39 Å². The molecule has 0 bridgehead atoms. The molecule has 0 N–H and O–H groups in total. The number of hydrogen-bond donors (Lipinski definition) is 0. The van der Waals surface area contributed by atoms with Crippen molar-refractivity contribution in [3.8, 4) is 0 Å². The van der Waals surface area contributed by atoms with Crippen molar-refractivity contribution in [1.82, 2.24) is 20.0 Å². The van der Waals surface area contributed by atoms with Crippen molar-refractivity contribution in [3.63, 3.8) is 0 Å². The standard InChI is InChI=1S/C19H16N4OS/c1-12-6-5-8-14-13(2)10-17(20-18(12)14)25-11-23-19(24)15-7-3-4-9-16(15)21-22-23/h3-10H,11H2,1-2H3. The molecule has 2 aromatic carbocycles. The third-order valence-corrected chi connectivity index (χ3v) is 5.07. The van der Waals surface area contributed by atoms with Crippen LogP contribution in [-0.4, -0.2) is 20.0 Å². The average molecular weight is 348 g/mol. The Labute approximate surface area is 148 Å². The van der Waals surface area contributed by atoms with Crippen LogP contribution in [0.1, 0.15) is 11.1 Å². The maximum absolute atomic E-state index is 12.5. The zero-order valence-electron chi connectivity index (χ0n) is 13.9. The first-order valence-electron chi connectivity index (χ1n) is 7.96. The summed E-state index contributed by atoms with van der Waals surface area (Å²) in [5, 5.41) is 10.8. The second kappa shape index (κ2) is 6.29. The number of aryl methyl sites for hydroxylation is 2. The minimum absolute atomic E-state index is 0.133. The van der Waals surface area contributed by atoms with Crippen molar-refractivity contribution in [3.05, 3.63) is 70.0 Å². The maximum atomic E-state index is 12.5. The number of aromatic nitrogens is 4. The lowest BCUT2D eigenvalue weighted by Gasteiger charge is -2.09. The second-order valence-electron chi connectivity index (χ2n) is 5.93. The van der Waals surface area contributed by atoms with E-state index in [1.54, 1.807) is 12.1 Å².